The number of amides is 2. The molecule has 0 bridgehead atoms. The van der Waals surface area contributed by atoms with Crippen molar-refractivity contribution in [3.05, 3.63) is 52.4 Å². The highest BCUT2D eigenvalue weighted by Gasteiger charge is 2.31. The molecule has 1 aromatic carbocycles. The number of piperazine rings is 1. The molecular weight excluding hydrogens is 453 g/mol. The van der Waals surface area contributed by atoms with Crippen molar-refractivity contribution in [2.75, 3.05) is 39.3 Å². The van der Waals surface area contributed by atoms with Crippen LogP contribution in [0.4, 0.5) is 4.79 Å². The number of benzene rings is 1. The summed E-state index contributed by atoms with van der Waals surface area (Å²) in [6.45, 7) is 2.31. The van der Waals surface area contributed by atoms with E-state index in [0.29, 0.717) is 26.2 Å². The Morgan fingerprint density at radius 1 is 1.13 bits per heavy atom. The Morgan fingerprint density at radius 3 is 2.60 bits per heavy atom. The first-order valence-corrected chi connectivity index (χ1v) is 11.7. The van der Waals surface area contributed by atoms with E-state index in [4.69, 9.17) is 32.4 Å². The number of nitrogens with one attached hydrogen (secondary N) is 1. The highest BCUT2D eigenvalue weighted by molar-refractivity contribution is 7.89. The molecule has 1 aromatic heterocycles. The summed E-state index contributed by atoms with van der Waals surface area (Å²) in [5.41, 5.74) is 0. The molecule has 2 aromatic rings. The molecule has 2 amide bonds. The van der Waals surface area contributed by atoms with Gasteiger partial charge in [-0.3, -0.25) is 0 Å². The second-order valence-electron chi connectivity index (χ2n) is 6.66. The summed E-state index contributed by atoms with van der Waals surface area (Å²) >= 11 is 12.0. The zero-order chi connectivity index (χ0) is 21.6. The molecule has 1 aliphatic rings. The van der Waals surface area contributed by atoms with E-state index >= 15 is 0 Å². The first kappa shape index (κ1) is 22.9. The highest BCUT2D eigenvalue weighted by Crippen LogP contribution is 2.31. The minimum absolute atomic E-state index is 0.00797. The molecule has 1 fully saturated rings. The smallest absolute Gasteiger partial charge is 0.317 e. The fourth-order valence-corrected chi connectivity index (χ4v) is 5.16. The first-order chi connectivity index (χ1) is 14.4. The molecule has 1 N–H and O–H groups in total. The number of ether oxygens (including phenoxy) is 1. The molecule has 30 heavy (non-hydrogen) atoms. The Labute approximate surface area is 185 Å². The Balaban J connectivity index is 1.40. The van der Waals surface area contributed by atoms with Crippen LogP contribution >= 0.6 is 23.2 Å². The summed E-state index contributed by atoms with van der Waals surface area (Å²) < 4.78 is 37.6. The normalized spacial score (nSPS) is 15.3. The van der Waals surface area contributed by atoms with Gasteiger partial charge in [-0.25, -0.2) is 13.2 Å². The van der Waals surface area contributed by atoms with E-state index in [2.05, 4.69) is 5.32 Å². The molecule has 0 radical (unpaired) electrons. The van der Waals surface area contributed by atoms with Crippen molar-refractivity contribution in [3.8, 4) is 0 Å². The van der Waals surface area contributed by atoms with Crippen molar-refractivity contribution in [2.45, 2.75) is 17.9 Å². The van der Waals surface area contributed by atoms with Gasteiger partial charge >= 0.3 is 6.03 Å². The molecular formula is C19H23Cl2N3O5S. The Hall–Kier alpha value is -1.78. The first-order valence-electron chi connectivity index (χ1n) is 9.46. The van der Waals surface area contributed by atoms with Crippen LogP contribution in [0, 0.1) is 0 Å². The summed E-state index contributed by atoms with van der Waals surface area (Å²) in [7, 11) is -3.78. The van der Waals surface area contributed by atoms with Crippen LogP contribution in [-0.4, -0.2) is 63.0 Å². The minimum atomic E-state index is -3.78. The zero-order valence-electron chi connectivity index (χ0n) is 16.2. The number of hydrogen-bond donors (Lipinski definition) is 1. The van der Waals surface area contributed by atoms with Crippen LogP contribution in [-0.2, 0) is 21.4 Å². The largest absolute Gasteiger partial charge is 0.467 e. The van der Waals surface area contributed by atoms with E-state index in [0.717, 1.165) is 5.76 Å². The number of urea groups is 1. The predicted octanol–water partition coefficient (Wildman–Crippen LogP) is 3.21. The molecule has 0 spiro atoms. The maximum absolute atomic E-state index is 12.8. The van der Waals surface area contributed by atoms with Crippen LogP contribution < -0.4 is 5.32 Å². The fraction of sp³-hybridized carbons (Fsp3) is 0.421. The number of furan rings is 1. The number of rotatable bonds is 8. The average molecular weight is 476 g/mol. The monoisotopic (exact) mass is 475 g/mol. The van der Waals surface area contributed by atoms with Crippen LogP contribution in [0.2, 0.25) is 10.0 Å². The van der Waals surface area contributed by atoms with E-state index < -0.39 is 10.0 Å². The van der Waals surface area contributed by atoms with Crippen molar-refractivity contribution in [3.63, 3.8) is 0 Å². The molecule has 0 saturated carbocycles. The Morgan fingerprint density at radius 2 is 1.90 bits per heavy atom. The molecule has 164 valence electrons. The maximum Gasteiger partial charge on any atom is 0.317 e. The summed E-state index contributed by atoms with van der Waals surface area (Å²) in [4.78, 5) is 13.9. The van der Waals surface area contributed by atoms with Gasteiger partial charge in [-0.1, -0.05) is 29.3 Å². The van der Waals surface area contributed by atoms with Gasteiger partial charge in [-0.05, 0) is 30.7 Å². The van der Waals surface area contributed by atoms with Gasteiger partial charge < -0.3 is 19.4 Å². The van der Waals surface area contributed by atoms with Gasteiger partial charge in [0.1, 0.15) is 17.3 Å². The molecule has 3 rings (SSSR count). The van der Waals surface area contributed by atoms with E-state index in [1.54, 1.807) is 23.3 Å². The number of carbonyl (C=O) groups excluding carboxylic acids is 1. The Bertz CT molecular complexity index is 945. The van der Waals surface area contributed by atoms with Gasteiger partial charge in [-0.2, -0.15) is 4.31 Å². The van der Waals surface area contributed by atoms with Crippen LogP contribution in [0.25, 0.3) is 0 Å². The lowest BCUT2D eigenvalue weighted by Crippen LogP contribution is -2.53. The molecule has 0 atom stereocenters. The summed E-state index contributed by atoms with van der Waals surface area (Å²) in [5.74, 6) is 0.755. The van der Waals surface area contributed by atoms with Crippen molar-refractivity contribution in [1.29, 1.82) is 0 Å². The standard InChI is InChI=1S/C19H23Cl2N3O5S/c20-16-5-1-6-17(18(16)21)30(26,27)24-10-8-23(9-11-24)19(25)22-7-3-12-28-14-15-4-2-13-29-15/h1-2,4-6,13H,3,7-12,14H2,(H,22,25). The second-order valence-corrected chi connectivity index (χ2v) is 9.35. The molecule has 8 nitrogen and oxygen atoms in total. The molecule has 0 aliphatic carbocycles. The SMILES string of the molecule is O=C(NCCCOCc1ccco1)N1CCN(S(=O)(=O)c2cccc(Cl)c2Cl)CC1. The third-order valence-corrected chi connectivity index (χ3v) is 7.50. The topological polar surface area (TPSA) is 92.1 Å². The lowest BCUT2D eigenvalue weighted by atomic mass is 10.4. The summed E-state index contributed by atoms with van der Waals surface area (Å²) in [5, 5.41) is 3.02. The predicted molar refractivity (Wildman–Crippen MR) is 113 cm³/mol. The van der Waals surface area contributed by atoms with Crippen molar-refractivity contribution in [2.24, 2.45) is 0 Å². The molecule has 1 aliphatic heterocycles. The maximum atomic E-state index is 12.8. The van der Waals surface area contributed by atoms with Gasteiger partial charge in [0.25, 0.3) is 0 Å². The van der Waals surface area contributed by atoms with Gasteiger partial charge in [0.15, 0.2) is 0 Å². The van der Waals surface area contributed by atoms with E-state index in [9.17, 15) is 13.2 Å². The molecule has 2 heterocycles. The lowest BCUT2D eigenvalue weighted by molar-refractivity contribution is 0.104. The van der Waals surface area contributed by atoms with Crippen LogP contribution in [0.3, 0.4) is 0 Å². The lowest BCUT2D eigenvalue weighted by Gasteiger charge is -2.34. The third-order valence-electron chi connectivity index (χ3n) is 4.63. The van der Waals surface area contributed by atoms with Gasteiger partial charge in [0.05, 0.1) is 16.3 Å². The van der Waals surface area contributed by atoms with E-state index in [1.165, 1.54) is 16.4 Å². The fourth-order valence-electron chi connectivity index (χ4n) is 3.00. The van der Waals surface area contributed by atoms with Crippen LogP contribution in [0.15, 0.2) is 45.9 Å². The summed E-state index contributed by atoms with van der Waals surface area (Å²) in [6, 6.07) is 7.92. The van der Waals surface area contributed by atoms with E-state index in [-0.39, 0.29) is 47.2 Å². The van der Waals surface area contributed by atoms with Gasteiger partial charge in [-0.15, -0.1) is 0 Å². The number of sulfonamides is 1. The molecule has 11 heteroatoms. The van der Waals surface area contributed by atoms with Crippen molar-refractivity contribution < 1.29 is 22.4 Å². The molecule has 0 unspecified atom stereocenters. The summed E-state index contributed by atoms with van der Waals surface area (Å²) in [6.07, 6.45) is 2.25. The minimum Gasteiger partial charge on any atom is -0.467 e. The van der Waals surface area contributed by atoms with Gasteiger partial charge in [0.2, 0.25) is 10.0 Å². The number of carbonyl (C=O) groups is 1. The van der Waals surface area contributed by atoms with Crippen molar-refractivity contribution in [1.82, 2.24) is 14.5 Å². The highest BCUT2D eigenvalue weighted by atomic mass is 35.5. The number of halogens is 2. The quantitative estimate of drug-likeness (QED) is 0.591. The van der Waals surface area contributed by atoms with Gasteiger partial charge in [0, 0.05) is 39.3 Å². The average Bonchev–Trinajstić information content (AvgIpc) is 3.26. The Kier molecular flexibility index (Phi) is 8.01. The van der Waals surface area contributed by atoms with Crippen LogP contribution in [0.1, 0.15) is 12.2 Å². The molecule has 1 saturated heterocycles. The van der Waals surface area contributed by atoms with E-state index in [1.807, 2.05) is 6.07 Å². The van der Waals surface area contributed by atoms with Crippen molar-refractivity contribution >= 4 is 39.3 Å². The van der Waals surface area contributed by atoms with Crippen LogP contribution in [0.5, 0.6) is 0 Å². The third kappa shape index (κ3) is 5.67. The second kappa shape index (κ2) is 10.5. The number of nitrogens with zero attached hydrogens (tertiary/aromatic N) is 2. The number of hydrogen-bond acceptors (Lipinski definition) is 5. The zero-order valence-corrected chi connectivity index (χ0v) is 18.5.